The number of hydrogen-bond acceptors (Lipinski definition) is 3. The van der Waals surface area contributed by atoms with Crippen molar-refractivity contribution >= 4 is 11.9 Å². The second-order valence-electron chi connectivity index (χ2n) is 6.73. The van der Waals surface area contributed by atoms with Crippen LogP contribution in [0, 0.1) is 11.8 Å². The number of methoxy groups -OCH3 is 1. The Kier molecular flexibility index (Phi) is 5.62. The molecule has 0 aromatic carbocycles. The molecule has 0 bridgehead atoms. The van der Waals surface area contributed by atoms with Gasteiger partial charge < -0.3 is 14.7 Å². The number of carbonyl (C=O) groups excluding carboxylic acids is 1. The number of aliphatic carboxylic acids is 1. The molecule has 5 nitrogen and oxygen atoms in total. The summed E-state index contributed by atoms with van der Waals surface area (Å²) >= 11 is 0. The number of rotatable bonds is 5. The van der Waals surface area contributed by atoms with Crippen LogP contribution >= 0.6 is 0 Å². The average Bonchev–Trinajstić information content (AvgIpc) is 2.81. The summed E-state index contributed by atoms with van der Waals surface area (Å²) in [5.74, 6) is 0.436. The molecular weight excluding hydrogens is 270 g/mol. The van der Waals surface area contributed by atoms with Crippen molar-refractivity contribution in [2.45, 2.75) is 64.0 Å². The number of carboxylic acids is 1. The van der Waals surface area contributed by atoms with Gasteiger partial charge in [0.05, 0.1) is 12.5 Å². The summed E-state index contributed by atoms with van der Waals surface area (Å²) in [6.45, 7) is 2.79. The summed E-state index contributed by atoms with van der Waals surface area (Å²) in [5.41, 5.74) is 0. The van der Waals surface area contributed by atoms with E-state index in [1.54, 1.807) is 12.0 Å². The van der Waals surface area contributed by atoms with Crippen molar-refractivity contribution in [2.24, 2.45) is 11.8 Å². The number of ether oxygens (including phenoxy) is 1. The highest BCUT2D eigenvalue weighted by molar-refractivity contribution is 5.78. The number of amides is 1. The summed E-state index contributed by atoms with van der Waals surface area (Å²) in [6, 6.07) is -0.207. The van der Waals surface area contributed by atoms with Crippen LogP contribution in [0.3, 0.4) is 0 Å². The van der Waals surface area contributed by atoms with Crippen molar-refractivity contribution < 1.29 is 19.4 Å². The second-order valence-corrected chi connectivity index (χ2v) is 6.73. The number of hydrogen-bond donors (Lipinski definition) is 1. The first kappa shape index (κ1) is 16.3. The average molecular weight is 297 g/mol. The van der Waals surface area contributed by atoms with Crippen LogP contribution in [0.25, 0.3) is 0 Å². The van der Waals surface area contributed by atoms with E-state index in [9.17, 15) is 9.59 Å². The minimum atomic E-state index is -0.846. The quantitative estimate of drug-likeness (QED) is 0.845. The first-order chi connectivity index (χ1) is 9.99. The molecule has 2 fully saturated rings. The summed E-state index contributed by atoms with van der Waals surface area (Å²) in [7, 11) is 1.62. The van der Waals surface area contributed by atoms with Gasteiger partial charge in [-0.3, -0.25) is 9.59 Å². The van der Waals surface area contributed by atoms with Crippen molar-refractivity contribution in [3.05, 3.63) is 0 Å². The third-order valence-electron chi connectivity index (χ3n) is 4.95. The minimum absolute atomic E-state index is 0.0205. The lowest BCUT2D eigenvalue weighted by molar-refractivity contribution is -0.140. The van der Waals surface area contributed by atoms with Crippen LogP contribution in [0.15, 0.2) is 0 Å². The van der Waals surface area contributed by atoms with Gasteiger partial charge in [-0.25, -0.2) is 0 Å². The Morgan fingerprint density at radius 2 is 2.00 bits per heavy atom. The molecule has 1 aliphatic carbocycles. The molecule has 1 amide bonds. The van der Waals surface area contributed by atoms with Gasteiger partial charge >= 0.3 is 5.97 Å². The van der Waals surface area contributed by atoms with E-state index in [1.165, 1.54) is 12.8 Å². The maximum Gasteiger partial charge on any atom is 0.305 e. The van der Waals surface area contributed by atoms with E-state index in [2.05, 4.69) is 6.92 Å². The SMILES string of the molecule is COC1CC(CC(=O)O)N(C(=O)CC2CCCC(C)C2)C1. The molecule has 2 rings (SSSR count). The fraction of sp³-hybridized carbons (Fsp3) is 0.875. The van der Waals surface area contributed by atoms with Crippen LogP contribution in [-0.4, -0.2) is 47.7 Å². The fourth-order valence-corrected chi connectivity index (χ4v) is 3.85. The van der Waals surface area contributed by atoms with E-state index in [-0.39, 0.29) is 24.5 Å². The van der Waals surface area contributed by atoms with Gasteiger partial charge in [0.1, 0.15) is 0 Å². The van der Waals surface area contributed by atoms with E-state index in [0.29, 0.717) is 31.2 Å². The highest BCUT2D eigenvalue weighted by Gasteiger charge is 2.37. The van der Waals surface area contributed by atoms with Gasteiger partial charge in [-0.2, -0.15) is 0 Å². The molecule has 1 N–H and O–H groups in total. The lowest BCUT2D eigenvalue weighted by Gasteiger charge is -2.29. The van der Waals surface area contributed by atoms with Crippen LogP contribution in [0.1, 0.15) is 51.9 Å². The Morgan fingerprint density at radius 3 is 2.62 bits per heavy atom. The van der Waals surface area contributed by atoms with Crippen molar-refractivity contribution in [1.29, 1.82) is 0 Å². The molecule has 1 heterocycles. The Labute approximate surface area is 126 Å². The van der Waals surface area contributed by atoms with Gasteiger partial charge in [-0.15, -0.1) is 0 Å². The molecule has 4 atom stereocenters. The topological polar surface area (TPSA) is 66.8 Å². The van der Waals surface area contributed by atoms with E-state index >= 15 is 0 Å². The molecule has 5 heteroatoms. The number of carboxylic acid groups (broad SMARTS) is 1. The molecule has 4 unspecified atom stereocenters. The molecule has 1 saturated carbocycles. The van der Waals surface area contributed by atoms with Gasteiger partial charge in [0.25, 0.3) is 0 Å². The van der Waals surface area contributed by atoms with E-state index in [4.69, 9.17) is 9.84 Å². The van der Waals surface area contributed by atoms with Gasteiger partial charge in [0, 0.05) is 26.1 Å². The predicted octanol–water partition coefficient (Wildman–Crippen LogP) is 2.29. The molecule has 120 valence electrons. The van der Waals surface area contributed by atoms with Gasteiger partial charge in [0.2, 0.25) is 5.91 Å². The summed E-state index contributed by atoms with van der Waals surface area (Å²) in [6.07, 6.45) is 5.92. The zero-order chi connectivity index (χ0) is 15.4. The van der Waals surface area contributed by atoms with Crippen LogP contribution in [0.4, 0.5) is 0 Å². The van der Waals surface area contributed by atoms with E-state index in [1.807, 2.05) is 0 Å². The first-order valence-corrected chi connectivity index (χ1v) is 8.03. The first-order valence-electron chi connectivity index (χ1n) is 8.03. The Hall–Kier alpha value is -1.10. The smallest absolute Gasteiger partial charge is 0.305 e. The highest BCUT2D eigenvalue weighted by Crippen LogP contribution is 2.32. The summed E-state index contributed by atoms with van der Waals surface area (Å²) < 4.78 is 5.32. The lowest BCUT2D eigenvalue weighted by Crippen LogP contribution is -2.38. The maximum atomic E-state index is 12.6. The fourth-order valence-electron chi connectivity index (χ4n) is 3.85. The molecule has 0 radical (unpaired) electrons. The Morgan fingerprint density at radius 1 is 1.24 bits per heavy atom. The van der Waals surface area contributed by atoms with Crippen LogP contribution in [-0.2, 0) is 14.3 Å². The Bertz CT molecular complexity index is 384. The zero-order valence-corrected chi connectivity index (χ0v) is 13.1. The highest BCUT2D eigenvalue weighted by atomic mass is 16.5. The van der Waals surface area contributed by atoms with Gasteiger partial charge in [-0.1, -0.05) is 19.8 Å². The standard InChI is InChI=1S/C16H27NO4/c1-11-4-3-5-12(6-11)7-15(18)17-10-14(21-2)8-13(17)9-16(19)20/h11-14H,3-10H2,1-2H3,(H,19,20). The summed E-state index contributed by atoms with van der Waals surface area (Å²) in [4.78, 5) is 25.3. The lowest BCUT2D eigenvalue weighted by atomic mass is 9.80. The predicted molar refractivity (Wildman–Crippen MR) is 78.9 cm³/mol. The van der Waals surface area contributed by atoms with Crippen molar-refractivity contribution in [2.75, 3.05) is 13.7 Å². The maximum absolute atomic E-state index is 12.6. The Balaban J connectivity index is 1.93. The van der Waals surface area contributed by atoms with E-state index in [0.717, 1.165) is 12.8 Å². The van der Waals surface area contributed by atoms with Gasteiger partial charge in [0.15, 0.2) is 0 Å². The van der Waals surface area contributed by atoms with Crippen molar-refractivity contribution in [1.82, 2.24) is 4.90 Å². The molecule has 0 spiro atoms. The number of carbonyl (C=O) groups is 2. The van der Waals surface area contributed by atoms with Crippen LogP contribution < -0.4 is 0 Å². The molecule has 2 aliphatic rings. The number of likely N-dealkylation sites (tertiary alicyclic amines) is 1. The van der Waals surface area contributed by atoms with Crippen LogP contribution in [0.2, 0.25) is 0 Å². The monoisotopic (exact) mass is 297 g/mol. The molecule has 1 aliphatic heterocycles. The van der Waals surface area contributed by atoms with Crippen molar-refractivity contribution in [3.8, 4) is 0 Å². The normalized spacial score (nSPS) is 33.1. The van der Waals surface area contributed by atoms with Crippen molar-refractivity contribution in [3.63, 3.8) is 0 Å². The zero-order valence-electron chi connectivity index (χ0n) is 13.1. The van der Waals surface area contributed by atoms with E-state index < -0.39 is 5.97 Å². The molecule has 21 heavy (non-hydrogen) atoms. The largest absolute Gasteiger partial charge is 0.481 e. The van der Waals surface area contributed by atoms with Crippen LogP contribution in [0.5, 0.6) is 0 Å². The number of nitrogens with zero attached hydrogens (tertiary/aromatic N) is 1. The third-order valence-corrected chi connectivity index (χ3v) is 4.95. The molecular formula is C16H27NO4. The molecule has 0 aromatic heterocycles. The molecule has 0 aromatic rings. The minimum Gasteiger partial charge on any atom is -0.481 e. The molecule has 1 saturated heterocycles. The summed E-state index contributed by atoms with van der Waals surface area (Å²) in [5, 5.41) is 9.01. The second kappa shape index (κ2) is 7.25. The van der Waals surface area contributed by atoms with Gasteiger partial charge in [-0.05, 0) is 31.1 Å². The third kappa shape index (κ3) is 4.43.